The molecule has 0 fully saturated rings. The first-order valence-corrected chi connectivity index (χ1v) is 7.30. The maximum atomic E-state index is 11.3. The van der Waals surface area contributed by atoms with Crippen LogP contribution in [0, 0.1) is 0 Å². The monoisotopic (exact) mass is 327 g/mol. The summed E-state index contributed by atoms with van der Waals surface area (Å²) in [6.45, 7) is 2.14. The molecule has 0 spiro atoms. The molecule has 1 heterocycles. The van der Waals surface area contributed by atoms with E-state index >= 15 is 0 Å². The highest BCUT2D eigenvalue weighted by Gasteiger charge is 2.14. The summed E-state index contributed by atoms with van der Waals surface area (Å²) >= 11 is 3.46. The van der Waals surface area contributed by atoms with Crippen LogP contribution in [0.1, 0.15) is 28.9 Å². The van der Waals surface area contributed by atoms with Gasteiger partial charge in [0.1, 0.15) is 0 Å². The summed E-state index contributed by atoms with van der Waals surface area (Å²) in [6.07, 6.45) is 2.85. The molecule has 1 aromatic heterocycles. The Kier molecular flexibility index (Phi) is 3.45. The average Bonchev–Trinajstić information content (AvgIpc) is 2.85. The lowest BCUT2D eigenvalue weighted by atomic mass is 10.1. The molecule has 0 bridgehead atoms. The lowest BCUT2D eigenvalue weighted by Crippen LogP contribution is -2.04. The van der Waals surface area contributed by atoms with Crippen LogP contribution in [0.2, 0.25) is 0 Å². The number of carbonyl (C=O) groups is 1. The van der Waals surface area contributed by atoms with Crippen molar-refractivity contribution in [3.63, 3.8) is 0 Å². The van der Waals surface area contributed by atoms with Gasteiger partial charge in [0.15, 0.2) is 6.29 Å². The molecule has 3 rings (SSSR count). The number of benzene rings is 2. The van der Waals surface area contributed by atoms with Gasteiger partial charge in [0.2, 0.25) is 0 Å². The molecule has 3 aromatic rings. The Bertz CT molecular complexity index is 761. The Morgan fingerprint density at radius 1 is 1.15 bits per heavy atom. The van der Waals surface area contributed by atoms with Crippen molar-refractivity contribution in [3.8, 4) is 0 Å². The molecule has 20 heavy (non-hydrogen) atoms. The van der Waals surface area contributed by atoms with E-state index in [1.165, 1.54) is 5.56 Å². The zero-order chi connectivity index (χ0) is 14.1. The molecule has 0 radical (unpaired) electrons. The van der Waals surface area contributed by atoms with Crippen LogP contribution in [0.25, 0.3) is 10.9 Å². The van der Waals surface area contributed by atoms with Gasteiger partial charge in [-0.05, 0) is 30.7 Å². The van der Waals surface area contributed by atoms with Crippen molar-refractivity contribution >= 4 is 33.1 Å². The minimum absolute atomic E-state index is 0.188. The summed E-state index contributed by atoms with van der Waals surface area (Å²) in [5, 5.41) is 0.983. The maximum Gasteiger partial charge on any atom is 0.152 e. The van der Waals surface area contributed by atoms with Gasteiger partial charge in [-0.25, -0.2) is 0 Å². The van der Waals surface area contributed by atoms with Gasteiger partial charge in [0.05, 0.1) is 6.04 Å². The lowest BCUT2D eigenvalue weighted by molar-refractivity contribution is 0.112. The predicted molar refractivity (Wildman–Crippen MR) is 85.3 cm³/mol. The number of aromatic nitrogens is 1. The highest BCUT2D eigenvalue weighted by Crippen LogP contribution is 2.29. The number of rotatable bonds is 3. The van der Waals surface area contributed by atoms with Crippen molar-refractivity contribution in [2.75, 3.05) is 0 Å². The molecule has 0 aliphatic carbocycles. The Balaban J connectivity index is 2.19. The zero-order valence-corrected chi connectivity index (χ0v) is 12.7. The van der Waals surface area contributed by atoms with Gasteiger partial charge in [0.25, 0.3) is 0 Å². The zero-order valence-electron chi connectivity index (χ0n) is 11.1. The van der Waals surface area contributed by atoms with Gasteiger partial charge in [0, 0.05) is 27.1 Å². The Labute approximate surface area is 126 Å². The summed E-state index contributed by atoms with van der Waals surface area (Å²) in [5.74, 6) is 0. The van der Waals surface area contributed by atoms with Gasteiger partial charge in [-0.2, -0.15) is 0 Å². The van der Waals surface area contributed by atoms with E-state index in [1.54, 1.807) is 0 Å². The number of aldehydes is 1. The fourth-order valence-corrected chi connectivity index (χ4v) is 2.92. The van der Waals surface area contributed by atoms with Crippen molar-refractivity contribution < 1.29 is 4.79 Å². The minimum atomic E-state index is 0.188. The van der Waals surface area contributed by atoms with Crippen LogP contribution in [0.15, 0.2) is 59.2 Å². The van der Waals surface area contributed by atoms with Crippen molar-refractivity contribution in [3.05, 3.63) is 70.3 Å². The molecular formula is C17H14BrNO. The van der Waals surface area contributed by atoms with Gasteiger partial charge < -0.3 is 4.57 Å². The topological polar surface area (TPSA) is 22.0 Å². The molecule has 0 saturated heterocycles. The quantitative estimate of drug-likeness (QED) is 0.632. The number of fused-ring (bicyclic) bond motifs is 1. The summed E-state index contributed by atoms with van der Waals surface area (Å²) in [6, 6.07) is 16.5. The van der Waals surface area contributed by atoms with Crippen LogP contribution in [-0.4, -0.2) is 10.9 Å². The SMILES string of the molecule is CC(c1ccccc1)n1cc(C=O)c2cc(Br)ccc21. The standard InChI is InChI=1S/C17H14BrNO/c1-12(13-5-3-2-4-6-13)19-10-14(11-20)16-9-15(18)7-8-17(16)19/h2-12H,1H3. The fraction of sp³-hybridized carbons (Fsp3) is 0.118. The molecule has 100 valence electrons. The van der Waals surface area contributed by atoms with Crippen molar-refractivity contribution in [1.29, 1.82) is 0 Å². The van der Waals surface area contributed by atoms with Crippen LogP contribution in [0.3, 0.4) is 0 Å². The first-order valence-electron chi connectivity index (χ1n) is 6.51. The molecule has 0 aliphatic heterocycles. The largest absolute Gasteiger partial charge is 0.340 e. The third-order valence-electron chi connectivity index (χ3n) is 3.65. The molecule has 2 aromatic carbocycles. The minimum Gasteiger partial charge on any atom is -0.340 e. The Hall–Kier alpha value is -1.87. The smallest absolute Gasteiger partial charge is 0.152 e. The van der Waals surface area contributed by atoms with Crippen LogP contribution < -0.4 is 0 Å². The molecule has 3 heteroatoms. The Morgan fingerprint density at radius 2 is 1.90 bits per heavy atom. The van der Waals surface area contributed by atoms with Gasteiger partial charge in [-0.1, -0.05) is 46.3 Å². The van der Waals surface area contributed by atoms with Crippen LogP contribution in [0.4, 0.5) is 0 Å². The molecule has 0 aliphatic rings. The van der Waals surface area contributed by atoms with Gasteiger partial charge in [-0.15, -0.1) is 0 Å². The first kappa shape index (κ1) is 13.1. The van der Waals surface area contributed by atoms with Crippen LogP contribution in [0.5, 0.6) is 0 Å². The van der Waals surface area contributed by atoms with Gasteiger partial charge in [-0.3, -0.25) is 4.79 Å². The number of carbonyl (C=O) groups excluding carboxylic acids is 1. The second kappa shape index (κ2) is 5.25. The third kappa shape index (κ3) is 2.18. The van der Waals surface area contributed by atoms with E-state index in [4.69, 9.17) is 0 Å². The normalized spacial score (nSPS) is 12.5. The summed E-state index contributed by atoms with van der Waals surface area (Å²) < 4.78 is 3.14. The van der Waals surface area contributed by atoms with E-state index in [-0.39, 0.29) is 6.04 Å². The van der Waals surface area contributed by atoms with Crippen molar-refractivity contribution in [2.24, 2.45) is 0 Å². The molecule has 0 saturated carbocycles. The van der Waals surface area contributed by atoms with E-state index in [9.17, 15) is 4.79 Å². The van der Waals surface area contributed by atoms with Crippen LogP contribution >= 0.6 is 15.9 Å². The second-order valence-electron chi connectivity index (χ2n) is 4.86. The number of nitrogens with zero attached hydrogens (tertiary/aromatic N) is 1. The average molecular weight is 328 g/mol. The molecular weight excluding hydrogens is 314 g/mol. The number of hydrogen-bond donors (Lipinski definition) is 0. The highest BCUT2D eigenvalue weighted by molar-refractivity contribution is 9.10. The maximum absolute atomic E-state index is 11.3. The third-order valence-corrected chi connectivity index (χ3v) is 4.15. The highest BCUT2D eigenvalue weighted by atomic mass is 79.9. The lowest BCUT2D eigenvalue weighted by Gasteiger charge is -2.15. The molecule has 1 atom stereocenters. The summed E-state index contributed by atoms with van der Waals surface area (Å²) in [7, 11) is 0. The van der Waals surface area contributed by atoms with Crippen molar-refractivity contribution in [2.45, 2.75) is 13.0 Å². The fourth-order valence-electron chi connectivity index (χ4n) is 2.56. The second-order valence-corrected chi connectivity index (χ2v) is 5.77. The van der Waals surface area contributed by atoms with Gasteiger partial charge >= 0.3 is 0 Å². The van der Waals surface area contributed by atoms with Crippen LogP contribution in [-0.2, 0) is 0 Å². The molecule has 2 nitrogen and oxygen atoms in total. The summed E-state index contributed by atoms with van der Waals surface area (Å²) in [5.41, 5.74) is 3.03. The number of halogens is 1. The van der Waals surface area contributed by atoms with E-state index in [0.29, 0.717) is 0 Å². The first-order chi connectivity index (χ1) is 9.70. The van der Waals surface area contributed by atoms with Crippen molar-refractivity contribution in [1.82, 2.24) is 4.57 Å². The van der Waals surface area contributed by atoms with E-state index in [2.05, 4.69) is 39.6 Å². The predicted octanol–water partition coefficient (Wildman–Crippen LogP) is 4.83. The molecule has 1 unspecified atom stereocenters. The van der Waals surface area contributed by atoms with E-state index in [1.807, 2.05) is 42.6 Å². The Morgan fingerprint density at radius 3 is 2.60 bits per heavy atom. The molecule has 0 amide bonds. The van der Waals surface area contributed by atoms with E-state index in [0.717, 1.165) is 27.2 Å². The summed E-state index contributed by atoms with van der Waals surface area (Å²) in [4.78, 5) is 11.3. The molecule has 0 N–H and O–H groups in total. The van der Waals surface area contributed by atoms with E-state index < -0.39 is 0 Å². The number of hydrogen-bond acceptors (Lipinski definition) is 1.